The second-order valence-electron chi connectivity index (χ2n) is 6.85. The van der Waals surface area contributed by atoms with Crippen molar-refractivity contribution in [1.29, 1.82) is 0 Å². The van der Waals surface area contributed by atoms with Gasteiger partial charge in [0.15, 0.2) is 0 Å². The highest BCUT2D eigenvalue weighted by molar-refractivity contribution is 8.00. The van der Waals surface area contributed by atoms with Crippen LogP contribution in [0.3, 0.4) is 0 Å². The second-order valence-corrected chi connectivity index (χ2v) is 8.74. The Hall–Kier alpha value is -1.69. The number of amides is 2. The summed E-state index contributed by atoms with van der Waals surface area (Å²) in [6, 6.07) is 14.1. The Kier molecular flexibility index (Phi) is 9.34. The minimum atomic E-state index is -0.612. The lowest BCUT2D eigenvalue weighted by atomic mass is 10.1. The first-order chi connectivity index (χ1) is 13.8. The van der Waals surface area contributed by atoms with Gasteiger partial charge in [-0.05, 0) is 56.2 Å². The average molecular weight is 453 g/mol. The molecule has 29 heavy (non-hydrogen) atoms. The molecule has 0 unspecified atom stereocenters. The summed E-state index contributed by atoms with van der Waals surface area (Å²) in [6.45, 7) is 5.97. The molecule has 0 aromatic heterocycles. The number of hydrogen-bond donors (Lipinski definition) is 1. The van der Waals surface area contributed by atoms with Gasteiger partial charge in [-0.2, -0.15) is 0 Å². The molecule has 4 nitrogen and oxygen atoms in total. The summed E-state index contributed by atoms with van der Waals surface area (Å²) < 4.78 is 0. The number of benzene rings is 2. The van der Waals surface area contributed by atoms with Gasteiger partial charge in [-0.1, -0.05) is 48.3 Å². The first kappa shape index (κ1) is 23.6. The van der Waals surface area contributed by atoms with Crippen molar-refractivity contribution >= 4 is 46.8 Å². The molecule has 0 aliphatic carbocycles. The lowest BCUT2D eigenvalue weighted by Gasteiger charge is -2.30. The molecule has 0 heterocycles. The zero-order valence-corrected chi connectivity index (χ0v) is 19.2. The van der Waals surface area contributed by atoms with E-state index in [0.717, 1.165) is 16.9 Å². The lowest BCUT2D eigenvalue weighted by molar-refractivity contribution is -0.138. The molecule has 0 radical (unpaired) electrons. The van der Waals surface area contributed by atoms with Crippen LogP contribution in [0.25, 0.3) is 0 Å². The summed E-state index contributed by atoms with van der Waals surface area (Å²) in [4.78, 5) is 28.3. The zero-order valence-electron chi connectivity index (χ0n) is 16.8. The molecule has 2 amide bonds. The summed E-state index contributed by atoms with van der Waals surface area (Å²) in [5, 5.41) is 4.18. The van der Waals surface area contributed by atoms with Gasteiger partial charge in [-0.25, -0.2) is 0 Å². The molecular weight excluding hydrogens is 427 g/mol. The lowest BCUT2D eigenvalue weighted by Crippen LogP contribution is -2.50. The molecule has 0 aliphatic heterocycles. The van der Waals surface area contributed by atoms with Crippen molar-refractivity contribution in [2.75, 3.05) is 5.75 Å². The molecule has 1 N–H and O–H groups in total. The van der Waals surface area contributed by atoms with Crippen LogP contribution in [0, 0.1) is 0 Å². The van der Waals surface area contributed by atoms with Crippen LogP contribution >= 0.6 is 35.0 Å². The molecule has 2 aromatic carbocycles. The fourth-order valence-corrected chi connectivity index (χ4v) is 3.72. The van der Waals surface area contributed by atoms with E-state index in [1.165, 1.54) is 11.8 Å². The van der Waals surface area contributed by atoms with Gasteiger partial charge < -0.3 is 10.2 Å². The summed E-state index contributed by atoms with van der Waals surface area (Å²) in [5.74, 6) is -0.0829. The monoisotopic (exact) mass is 452 g/mol. The fourth-order valence-electron chi connectivity index (χ4n) is 2.62. The van der Waals surface area contributed by atoms with E-state index in [4.69, 9.17) is 23.2 Å². The molecule has 0 saturated carbocycles. The zero-order chi connectivity index (χ0) is 21.4. The quantitative estimate of drug-likeness (QED) is 0.516. The molecule has 0 spiro atoms. The number of carbonyl (C=O) groups excluding carboxylic acids is 2. The highest BCUT2D eigenvalue weighted by Crippen LogP contribution is 2.23. The Morgan fingerprint density at radius 1 is 1.07 bits per heavy atom. The smallest absolute Gasteiger partial charge is 0.242 e. The molecule has 0 aliphatic rings. The number of rotatable bonds is 9. The van der Waals surface area contributed by atoms with Crippen molar-refractivity contribution in [3.63, 3.8) is 0 Å². The molecular formula is C22H26Cl2N2O2S. The van der Waals surface area contributed by atoms with Crippen LogP contribution in [-0.2, 0) is 16.1 Å². The largest absolute Gasteiger partial charge is 0.352 e. The Morgan fingerprint density at radius 2 is 1.72 bits per heavy atom. The molecule has 7 heteroatoms. The highest BCUT2D eigenvalue weighted by Gasteiger charge is 2.27. The van der Waals surface area contributed by atoms with Crippen LogP contribution in [0.5, 0.6) is 0 Å². The number of nitrogens with one attached hydrogen (secondary N) is 1. The molecule has 0 bridgehead atoms. The maximum absolute atomic E-state index is 13.1. The standard InChI is InChI=1S/C22H26Cl2N2O2S/c1-4-15(2)25-22(28)16(3)26(13-17-7-5-6-8-20(17)24)21(27)14-29-19-11-9-18(23)10-12-19/h5-12,15-16H,4,13-14H2,1-3H3,(H,25,28)/t15-,16+/m1/s1. The Bertz CT molecular complexity index is 830. The van der Waals surface area contributed by atoms with Crippen LogP contribution in [0.1, 0.15) is 32.8 Å². The third-order valence-corrected chi connectivity index (χ3v) is 6.26. The van der Waals surface area contributed by atoms with Gasteiger partial charge in [-0.15, -0.1) is 11.8 Å². The number of hydrogen-bond acceptors (Lipinski definition) is 3. The third kappa shape index (κ3) is 7.25. The first-order valence-corrected chi connectivity index (χ1v) is 11.3. The summed E-state index contributed by atoms with van der Waals surface area (Å²) in [7, 11) is 0. The Balaban J connectivity index is 2.15. The summed E-state index contributed by atoms with van der Waals surface area (Å²) in [6.07, 6.45) is 0.823. The van der Waals surface area contributed by atoms with E-state index in [2.05, 4.69) is 5.32 Å². The van der Waals surface area contributed by atoms with Crippen molar-refractivity contribution in [1.82, 2.24) is 10.2 Å². The SMILES string of the molecule is CC[C@@H](C)NC(=O)[C@H](C)N(Cc1ccccc1Cl)C(=O)CSc1ccc(Cl)cc1. The maximum Gasteiger partial charge on any atom is 0.242 e. The maximum atomic E-state index is 13.1. The number of thioether (sulfide) groups is 1. The van der Waals surface area contributed by atoms with Crippen LogP contribution < -0.4 is 5.32 Å². The molecule has 2 rings (SSSR count). The number of carbonyl (C=O) groups is 2. The summed E-state index contributed by atoms with van der Waals surface area (Å²) in [5.41, 5.74) is 0.808. The van der Waals surface area contributed by atoms with Crippen LogP contribution in [0.4, 0.5) is 0 Å². The van der Waals surface area contributed by atoms with E-state index in [0.29, 0.717) is 10.0 Å². The molecule has 0 fully saturated rings. The van der Waals surface area contributed by atoms with Gasteiger partial charge in [0.1, 0.15) is 6.04 Å². The topological polar surface area (TPSA) is 49.4 Å². The van der Waals surface area contributed by atoms with Crippen molar-refractivity contribution in [2.24, 2.45) is 0 Å². The van der Waals surface area contributed by atoms with Gasteiger partial charge in [0.25, 0.3) is 0 Å². The number of nitrogens with zero attached hydrogens (tertiary/aromatic N) is 1. The van der Waals surface area contributed by atoms with Crippen molar-refractivity contribution in [3.05, 3.63) is 64.1 Å². The normalized spacial score (nSPS) is 12.9. The third-order valence-electron chi connectivity index (χ3n) is 4.64. The molecule has 2 atom stereocenters. The van der Waals surface area contributed by atoms with E-state index in [9.17, 15) is 9.59 Å². The predicted octanol–water partition coefficient (Wildman–Crippen LogP) is 5.42. The average Bonchev–Trinajstić information content (AvgIpc) is 2.71. The van der Waals surface area contributed by atoms with Gasteiger partial charge >= 0.3 is 0 Å². The van der Waals surface area contributed by atoms with Gasteiger partial charge in [0, 0.05) is 27.5 Å². The fraction of sp³-hybridized carbons (Fsp3) is 0.364. The molecule has 156 valence electrons. The van der Waals surface area contributed by atoms with Crippen molar-refractivity contribution in [3.8, 4) is 0 Å². The van der Waals surface area contributed by atoms with Gasteiger partial charge in [0.05, 0.1) is 5.75 Å². The Labute approximate surface area is 187 Å². The minimum absolute atomic E-state index is 0.0469. The number of halogens is 2. The minimum Gasteiger partial charge on any atom is -0.352 e. The van der Waals surface area contributed by atoms with Gasteiger partial charge in [-0.3, -0.25) is 9.59 Å². The van der Waals surface area contributed by atoms with Crippen molar-refractivity contribution < 1.29 is 9.59 Å². The van der Waals surface area contributed by atoms with Gasteiger partial charge in [0.2, 0.25) is 11.8 Å². The van der Waals surface area contributed by atoms with E-state index < -0.39 is 6.04 Å². The van der Waals surface area contributed by atoms with Crippen LogP contribution in [-0.4, -0.2) is 34.6 Å². The molecule has 0 saturated heterocycles. The predicted molar refractivity (Wildman–Crippen MR) is 122 cm³/mol. The second kappa shape index (κ2) is 11.5. The van der Waals surface area contributed by atoms with E-state index in [1.54, 1.807) is 30.0 Å². The van der Waals surface area contributed by atoms with Crippen LogP contribution in [0.2, 0.25) is 10.0 Å². The molecule has 2 aromatic rings. The Morgan fingerprint density at radius 3 is 2.34 bits per heavy atom. The summed E-state index contributed by atoms with van der Waals surface area (Å²) >= 11 is 13.6. The van der Waals surface area contributed by atoms with Crippen LogP contribution in [0.15, 0.2) is 53.4 Å². The first-order valence-electron chi connectivity index (χ1n) is 9.53. The van der Waals surface area contributed by atoms with E-state index in [-0.39, 0.29) is 30.2 Å². The van der Waals surface area contributed by atoms with E-state index >= 15 is 0 Å². The highest BCUT2D eigenvalue weighted by atomic mass is 35.5. The van der Waals surface area contributed by atoms with E-state index in [1.807, 2.05) is 44.2 Å². The van der Waals surface area contributed by atoms with Crippen molar-refractivity contribution in [2.45, 2.75) is 50.7 Å².